The molecule has 0 aliphatic heterocycles. The Bertz CT molecular complexity index is 2670. The van der Waals surface area contributed by atoms with E-state index in [1.165, 1.54) is 38.9 Å². The van der Waals surface area contributed by atoms with Crippen molar-refractivity contribution in [1.29, 1.82) is 0 Å². The molecule has 8 aromatic rings. The van der Waals surface area contributed by atoms with Crippen molar-refractivity contribution in [2.24, 2.45) is 0 Å². The summed E-state index contributed by atoms with van der Waals surface area (Å²) in [5.74, 6) is 0.700. The van der Waals surface area contributed by atoms with Crippen LogP contribution in [0.25, 0.3) is 83.3 Å². The molecule has 1 heterocycles. The summed E-state index contributed by atoms with van der Waals surface area (Å²) in [6.07, 6.45) is 0. The molecule has 1 aromatic heterocycles. The first-order valence-electron chi connectivity index (χ1n) is 17.9. The van der Waals surface area contributed by atoms with Gasteiger partial charge in [0.25, 0.3) is 0 Å². The van der Waals surface area contributed by atoms with Gasteiger partial charge in [0.05, 0.1) is 18.0 Å². The van der Waals surface area contributed by atoms with Gasteiger partial charge in [-0.1, -0.05) is 166 Å². The summed E-state index contributed by atoms with van der Waals surface area (Å²) in [4.78, 5) is 13.8. The van der Waals surface area contributed by atoms with E-state index in [1.54, 1.807) is 0 Å². The molecule has 0 saturated heterocycles. The van der Waals surface area contributed by atoms with Gasteiger partial charge in [0.2, 0.25) is 0 Å². The van der Waals surface area contributed by atoms with Crippen LogP contribution in [0.3, 0.4) is 0 Å². The van der Waals surface area contributed by atoms with Crippen LogP contribution in [0.4, 0.5) is 5.69 Å². The van der Waals surface area contributed by atoms with Gasteiger partial charge in [-0.2, -0.15) is 0 Å². The fourth-order valence-corrected chi connectivity index (χ4v) is 7.64. The van der Waals surface area contributed by atoms with Gasteiger partial charge in [-0.3, -0.25) is 0 Å². The van der Waals surface area contributed by atoms with E-state index in [1.807, 2.05) is 36.4 Å². The first kappa shape index (κ1) is 32.0. The second kappa shape index (κ2) is 13.0. The normalized spacial score (nSPS) is 12.5. The predicted molar refractivity (Wildman–Crippen MR) is 218 cm³/mol. The minimum Gasteiger partial charge on any atom is -0.238 e. The molecule has 0 fully saturated rings. The van der Waals surface area contributed by atoms with Crippen molar-refractivity contribution < 1.29 is 0 Å². The molecule has 0 saturated carbocycles. The quantitative estimate of drug-likeness (QED) is 0.164. The Morgan fingerprint density at radius 2 is 0.849 bits per heavy atom. The SMILES string of the molecule is [C-]#[N+]c1ccc2c(c1)-c1cc(-c3ccc(-c4cccc(-c5cc(-c6ccc(-c7ccccc7)cc6)nc(-c6ccccc6)n5)c4)cc3)ccc1C2(C)C. The molecule has 0 radical (unpaired) electrons. The number of fused-ring (bicyclic) bond motifs is 3. The third-order valence-electron chi connectivity index (χ3n) is 10.5. The van der Waals surface area contributed by atoms with Crippen LogP contribution < -0.4 is 0 Å². The molecule has 0 atom stereocenters. The monoisotopic (exact) mass is 677 g/mol. The standard InChI is InChI=1S/C50H35N3/c1-50(2)45-27-25-40(30-43(45)44-31-42(51-3)26-28-46(44)50)36-19-17-35(18-20-36)39-15-10-16-41(29-39)48-32-47(52-49(53-48)38-13-8-5-9-14-38)37-23-21-34(22-24-37)33-11-6-4-7-12-33/h4-32H,1-2H3. The van der Waals surface area contributed by atoms with Gasteiger partial charge in [0, 0.05) is 22.1 Å². The van der Waals surface area contributed by atoms with Crippen LogP contribution >= 0.6 is 0 Å². The van der Waals surface area contributed by atoms with Crippen molar-refractivity contribution >= 4 is 5.69 Å². The zero-order valence-corrected chi connectivity index (χ0v) is 29.6. The van der Waals surface area contributed by atoms with Crippen molar-refractivity contribution in [2.75, 3.05) is 0 Å². The Balaban J connectivity index is 1.05. The van der Waals surface area contributed by atoms with Gasteiger partial charge in [-0.15, -0.1) is 0 Å². The van der Waals surface area contributed by atoms with Crippen molar-refractivity contribution in [3.63, 3.8) is 0 Å². The van der Waals surface area contributed by atoms with Crippen LogP contribution in [0.1, 0.15) is 25.0 Å². The lowest BCUT2D eigenvalue weighted by Gasteiger charge is -2.21. The smallest absolute Gasteiger partial charge is 0.187 e. The summed E-state index contributed by atoms with van der Waals surface area (Å²) in [6, 6.07) is 61.6. The lowest BCUT2D eigenvalue weighted by Crippen LogP contribution is -2.14. The highest BCUT2D eigenvalue weighted by atomic mass is 14.9. The number of hydrogen-bond acceptors (Lipinski definition) is 2. The maximum atomic E-state index is 7.56. The molecule has 0 unspecified atom stereocenters. The number of rotatable bonds is 6. The summed E-state index contributed by atoms with van der Waals surface area (Å²) in [5, 5.41) is 0. The third kappa shape index (κ3) is 5.91. The Kier molecular flexibility index (Phi) is 7.87. The van der Waals surface area contributed by atoms with Gasteiger partial charge in [-0.05, 0) is 79.9 Å². The van der Waals surface area contributed by atoms with Crippen LogP contribution in [0.5, 0.6) is 0 Å². The second-order valence-electron chi connectivity index (χ2n) is 14.2. The molecule has 3 nitrogen and oxygen atoms in total. The largest absolute Gasteiger partial charge is 0.238 e. The van der Waals surface area contributed by atoms with E-state index in [4.69, 9.17) is 16.5 Å². The second-order valence-corrected chi connectivity index (χ2v) is 14.2. The fraction of sp³-hybridized carbons (Fsp3) is 0.0600. The van der Waals surface area contributed by atoms with Gasteiger partial charge < -0.3 is 0 Å². The van der Waals surface area contributed by atoms with E-state index in [9.17, 15) is 0 Å². The summed E-state index contributed by atoms with van der Waals surface area (Å²) >= 11 is 0. The van der Waals surface area contributed by atoms with Crippen molar-refractivity contribution in [3.8, 4) is 78.4 Å². The highest BCUT2D eigenvalue weighted by Gasteiger charge is 2.35. The molecule has 0 bridgehead atoms. The average molecular weight is 678 g/mol. The molecular formula is C50H35N3. The number of benzene rings is 7. The number of aromatic nitrogens is 2. The van der Waals surface area contributed by atoms with E-state index in [-0.39, 0.29) is 5.41 Å². The third-order valence-corrected chi connectivity index (χ3v) is 10.5. The van der Waals surface area contributed by atoms with Gasteiger partial charge >= 0.3 is 0 Å². The van der Waals surface area contributed by atoms with Crippen molar-refractivity contribution in [1.82, 2.24) is 9.97 Å². The summed E-state index contributed by atoms with van der Waals surface area (Å²) in [6.45, 7) is 12.1. The van der Waals surface area contributed by atoms with Gasteiger partial charge in [0.1, 0.15) is 0 Å². The first-order chi connectivity index (χ1) is 25.9. The zero-order valence-electron chi connectivity index (χ0n) is 29.6. The van der Waals surface area contributed by atoms with Crippen molar-refractivity contribution in [3.05, 3.63) is 198 Å². The summed E-state index contributed by atoms with van der Waals surface area (Å²) in [7, 11) is 0. The van der Waals surface area contributed by atoms with Crippen LogP contribution in [-0.4, -0.2) is 9.97 Å². The average Bonchev–Trinajstić information content (AvgIpc) is 3.46. The van der Waals surface area contributed by atoms with Crippen molar-refractivity contribution in [2.45, 2.75) is 19.3 Å². The number of hydrogen-bond donors (Lipinski definition) is 0. The molecule has 9 rings (SSSR count). The van der Waals surface area contributed by atoms with Crippen LogP contribution in [-0.2, 0) is 5.41 Å². The maximum absolute atomic E-state index is 7.56. The molecule has 7 aromatic carbocycles. The Labute approximate surface area is 310 Å². The van der Waals surface area contributed by atoms with E-state index in [0.717, 1.165) is 44.8 Å². The lowest BCUT2D eigenvalue weighted by atomic mass is 9.82. The predicted octanol–water partition coefficient (Wildman–Crippen LogP) is 13.3. The van der Waals surface area contributed by atoms with Crippen LogP contribution in [0, 0.1) is 6.57 Å². The van der Waals surface area contributed by atoms with Crippen LogP contribution in [0.2, 0.25) is 0 Å². The Morgan fingerprint density at radius 1 is 0.396 bits per heavy atom. The van der Waals surface area contributed by atoms with Gasteiger partial charge in [-0.25, -0.2) is 14.8 Å². The molecule has 1 aliphatic rings. The molecule has 3 heteroatoms. The summed E-state index contributed by atoms with van der Waals surface area (Å²) < 4.78 is 0. The zero-order chi connectivity index (χ0) is 35.9. The Hall–Kier alpha value is -6.89. The minimum absolute atomic E-state index is 0.0993. The van der Waals surface area contributed by atoms with Gasteiger partial charge in [0.15, 0.2) is 11.5 Å². The molecule has 0 amide bonds. The first-order valence-corrected chi connectivity index (χ1v) is 17.9. The van der Waals surface area contributed by atoms with E-state index < -0.39 is 0 Å². The van der Waals surface area contributed by atoms with E-state index >= 15 is 0 Å². The number of nitrogens with zero attached hydrogens (tertiary/aromatic N) is 3. The molecule has 1 aliphatic carbocycles. The van der Waals surface area contributed by atoms with E-state index in [2.05, 4.69) is 158 Å². The topological polar surface area (TPSA) is 30.1 Å². The van der Waals surface area contributed by atoms with Crippen LogP contribution in [0.15, 0.2) is 176 Å². The maximum Gasteiger partial charge on any atom is 0.187 e. The summed E-state index contributed by atoms with van der Waals surface area (Å²) in [5.41, 5.74) is 17.3. The lowest BCUT2D eigenvalue weighted by molar-refractivity contribution is 0.660. The van der Waals surface area contributed by atoms with E-state index in [0.29, 0.717) is 11.5 Å². The minimum atomic E-state index is -0.0993. The molecule has 0 N–H and O–H groups in total. The highest BCUT2D eigenvalue weighted by molar-refractivity contribution is 5.87. The molecular weight excluding hydrogens is 643 g/mol. The highest BCUT2D eigenvalue weighted by Crippen LogP contribution is 2.50. The molecule has 250 valence electrons. The molecule has 53 heavy (non-hydrogen) atoms. The fourth-order valence-electron chi connectivity index (χ4n) is 7.64. The molecule has 0 spiro atoms. The Morgan fingerprint density at radius 3 is 1.49 bits per heavy atom.